The fourth-order valence-electron chi connectivity index (χ4n) is 1.47. The molecule has 0 aliphatic heterocycles. The summed E-state index contributed by atoms with van der Waals surface area (Å²) in [5, 5.41) is 6.13. The predicted molar refractivity (Wildman–Crippen MR) is 75.1 cm³/mol. The van der Waals surface area contributed by atoms with Gasteiger partial charge >= 0.3 is 0 Å². The number of amides is 1. The Hall–Kier alpha value is -1.98. The molecule has 19 heavy (non-hydrogen) atoms. The van der Waals surface area contributed by atoms with Gasteiger partial charge in [-0.3, -0.25) is 9.79 Å². The van der Waals surface area contributed by atoms with Gasteiger partial charge in [0.25, 0.3) is 0 Å². The summed E-state index contributed by atoms with van der Waals surface area (Å²) < 4.78 is 5.53. The monoisotopic (exact) mass is 266 g/mol. The number of likely N-dealkylation sites (N-methyl/N-ethyl adjacent to an activating group) is 1. The van der Waals surface area contributed by atoms with Gasteiger partial charge in [0.15, 0.2) is 5.96 Å². The van der Waals surface area contributed by atoms with Gasteiger partial charge < -0.3 is 20.0 Å². The van der Waals surface area contributed by atoms with Crippen LogP contribution in [-0.2, 0) is 4.79 Å². The lowest BCUT2D eigenvalue weighted by molar-refractivity contribution is -0.127. The van der Waals surface area contributed by atoms with Crippen LogP contribution in [0.15, 0.2) is 21.5 Å². The quantitative estimate of drug-likeness (QED) is 0.627. The Morgan fingerprint density at radius 3 is 2.63 bits per heavy atom. The lowest BCUT2D eigenvalue weighted by Crippen LogP contribution is -2.43. The van der Waals surface area contributed by atoms with Gasteiger partial charge in [-0.25, -0.2) is 0 Å². The minimum atomic E-state index is -0.0191. The van der Waals surface area contributed by atoms with Crippen molar-refractivity contribution in [3.63, 3.8) is 0 Å². The van der Waals surface area contributed by atoms with E-state index in [0.717, 1.165) is 11.5 Å². The van der Waals surface area contributed by atoms with Crippen LogP contribution in [-0.4, -0.2) is 44.5 Å². The Morgan fingerprint density at radius 2 is 2.16 bits per heavy atom. The number of hydrogen-bond acceptors (Lipinski definition) is 3. The van der Waals surface area contributed by atoms with E-state index in [1.807, 2.05) is 26.0 Å². The third-order valence-electron chi connectivity index (χ3n) is 2.67. The van der Waals surface area contributed by atoms with Gasteiger partial charge in [-0.05, 0) is 26.0 Å². The number of furan rings is 1. The van der Waals surface area contributed by atoms with E-state index in [-0.39, 0.29) is 18.5 Å². The highest BCUT2D eigenvalue weighted by atomic mass is 16.3. The lowest BCUT2D eigenvalue weighted by Gasteiger charge is -2.17. The molecule has 0 saturated heterocycles. The van der Waals surface area contributed by atoms with Gasteiger partial charge in [0.1, 0.15) is 11.5 Å². The summed E-state index contributed by atoms with van der Waals surface area (Å²) in [6.45, 7) is 4.08. The summed E-state index contributed by atoms with van der Waals surface area (Å²) in [7, 11) is 5.10. The Bertz CT molecular complexity index is 451. The maximum absolute atomic E-state index is 11.5. The molecule has 2 N–H and O–H groups in total. The molecule has 0 bridgehead atoms. The first-order valence-electron chi connectivity index (χ1n) is 6.17. The molecule has 1 aromatic rings. The summed E-state index contributed by atoms with van der Waals surface area (Å²) in [5.74, 6) is 2.26. The SMILES string of the molecule is CN=C(NCC(=O)N(C)C)NC(C)c1ccc(C)o1. The van der Waals surface area contributed by atoms with Crippen molar-refractivity contribution in [3.8, 4) is 0 Å². The summed E-state index contributed by atoms with van der Waals surface area (Å²) in [5.41, 5.74) is 0. The van der Waals surface area contributed by atoms with Crippen LogP contribution in [0.3, 0.4) is 0 Å². The molecule has 0 aliphatic carbocycles. The summed E-state index contributed by atoms with van der Waals surface area (Å²) in [6, 6.07) is 3.82. The van der Waals surface area contributed by atoms with Crippen LogP contribution in [0.4, 0.5) is 0 Å². The number of nitrogens with zero attached hydrogens (tertiary/aromatic N) is 2. The number of aryl methyl sites for hydroxylation is 1. The molecule has 1 rings (SSSR count). The molecule has 1 atom stereocenters. The minimum absolute atomic E-state index is 0.00977. The Balaban J connectivity index is 2.51. The van der Waals surface area contributed by atoms with Crippen LogP contribution in [0.2, 0.25) is 0 Å². The zero-order valence-corrected chi connectivity index (χ0v) is 12.2. The summed E-state index contributed by atoms with van der Waals surface area (Å²) in [4.78, 5) is 17.1. The van der Waals surface area contributed by atoms with Crippen LogP contribution >= 0.6 is 0 Å². The van der Waals surface area contributed by atoms with Gasteiger partial charge in [-0.15, -0.1) is 0 Å². The minimum Gasteiger partial charge on any atom is -0.464 e. The van der Waals surface area contributed by atoms with Crippen molar-refractivity contribution >= 4 is 11.9 Å². The molecule has 6 nitrogen and oxygen atoms in total. The molecule has 6 heteroatoms. The highest BCUT2D eigenvalue weighted by Crippen LogP contribution is 2.15. The number of rotatable bonds is 4. The van der Waals surface area contributed by atoms with Gasteiger partial charge in [0, 0.05) is 21.1 Å². The van der Waals surface area contributed by atoms with E-state index in [9.17, 15) is 4.79 Å². The van der Waals surface area contributed by atoms with Gasteiger partial charge in [-0.1, -0.05) is 0 Å². The van der Waals surface area contributed by atoms with Crippen molar-refractivity contribution in [2.75, 3.05) is 27.7 Å². The first-order chi connectivity index (χ1) is 8.93. The van der Waals surface area contributed by atoms with E-state index in [1.54, 1.807) is 21.1 Å². The van der Waals surface area contributed by atoms with Crippen LogP contribution in [0.25, 0.3) is 0 Å². The van der Waals surface area contributed by atoms with Crippen molar-refractivity contribution in [2.45, 2.75) is 19.9 Å². The lowest BCUT2D eigenvalue weighted by atomic mass is 10.2. The first-order valence-corrected chi connectivity index (χ1v) is 6.17. The molecule has 0 aromatic carbocycles. The molecule has 1 aromatic heterocycles. The van der Waals surface area contributed by atoms with E-state index in [2.05, 4.69) is 15.6 Å². The van der Waals surface area contributed by atoms with Crippen molar-refractivity contribution in [1.82, 2.24) is 15.5 Å². The second kappa shape index (κ2) is 6.82. The molecule has 0 saturated carbocycles. The van der Waals surface area contributed by atoms with Gasteiger partial charge in [0.05, 0.1) is 12.6 Å². The average molecular weight is 266 g/mol. The number of guanidine groups is 1. The maximum Gasteiger partial charge on any atom is 0.241 e. The fraction of sp³-hybridized carbons (Fsp3) is 0.538. The number of hydrogen-bond donors (Lipinski definition) is 2. The second-order valence-electron chi connectivity index (χ2n) is 4.53. The van der Waals surface area contributed by atoms with Gasteiger partial charge in [0.2, 0.25) is 5.91 Å². The van der Waals surface area contributed by atoms with Gasteiger partial charge in [-0.2, -0.15) is 0 Å². The van der Waals surface area contributed by atoms with E-state index >= 15 is 0 Å². The van der Waals surface area contributed by atoms with Crippen molar-refractivity contribution in [3.05, 3.63) is 23.7 Å². The van der Waals surface area contributed by atoms with E-state index in [4.69, 9.17) is 4.42 Å². The summed E-state index contributed by atoms with van der Waals surface area (Å²) in [6.07, 6.45) is 0. The van der Waals surface area contributed by atoms with Crippen molar-refractivity contribution < 1.29 is 9.21 Å². The number of carbonyl (C=O) groups excluding carboxylic acids is 1. The Morgan fingerprint density at radius 1 is 1.47 bits per heavy atom. The number of aliphatic imine (C=N–C) groups is 1. The molecule has 1 amide bonds. The molecular weight excluding hydrogens is 244 g/mol. The molecule has 106 valence electrons. The largest absolute Gasteiger partial charge is 0.464 e. The standard InChI is InChI=1S/C13H22N4O2/c1-9-6-7-11(19-9)10(2)16-13(14-3)15-8-12(18)17(4)5/h6-7,10H,8H2,1-5H3,(H2,14,15,16). The van der Waals surface area contributed by atoms with Crippen LogP contribution in [0.5, 0.6) is 0 Å². The molecule has 0 radical (unpaired) electrons. The maximum atomic E-state index is 11.5. The summed E-state index contributed by atoms with van der Waals surface area (Å²) >= 11 is 0. The van der Waals surface area contributed by atoms with Crippen LogP contribution in [0, 0.1) is 6.92 Å². The Labute approximate surface area is 113 Å². The number of nitrogens with one attached hydrogen (secondary N) is 2. The smallest absolute Gasteiger partial charge is 0.241 e. The fourth-order valence-corrected chi connectivity index (χ4v) is 1.47. The van der Waals surface area contributed by atoms with Crippen molar-refractivity contribution in [2.24, 2.45) is 4.99 Å². The highest BCUT2D eigenvalue weighted by Gasteiger charge is 2.12. The second-order valence-corrected chi connectivity index (χ2v) is 4.53. The molecular formula is C13H22N4O2. The zero-order chi connectivity index (χ0) is 14.4. The molecule has 0 spiro atoms. The third-order valence-corrected chi connectivity index (χ3v) is 2.67. The van der Waals surface area contributed by atoms with E-state index in [1.165, 1.54) is 4.90 Å². The first kappa shape index (κ1) is 15.1. The molecule has 1 heterocycles. The number of carbonyl (C=O) groups is 1. The highest BCUT2D eigenvalue weighted by molar-refractivity contribution is 5.86. The molecule has 0 fully saturated rings. The topological polar surface area (TPSA) is 69.9 Å². The average Bonchev–Trinajstić information content (AvgIpc) is 2.80. The Kier molecular flexibility index (Phi) is 5.41. The third kappa shape index (κ3) is 4.65. The van der Waals surface area contributed by atoms with Crippen LogP contribution < -0.4 is 10.6 Å². The predicted octanol–water partition coefficient (Wildman–Crippen LogP) is 0.902. The normalized spacial score (nSPS) is 13.0. The molecule has 0 aliphatic rings. The zero-order valence-electron chi connectivity index (χ0n) is 12.2. The van der Waals surface area contributed by atoms with Crippen LogP contribution in [0.1, 0.15) is 24.5 Å². The molecule has 1 unspecified atom stereocenters. The van der Waals surface area contributed by atoms with E-state index < -0.39 is 0 Å². The van der Waals surface area contributed by atoms with Crippen molar-refractivity contribution in [1.29, 1.82) is 0 Å². The van der Waals surface area contributed by atoms with E-state index in [0.29, 0.717) is 5.96 Å².